The molecule has 1 unspecified atom stereocenters. The summed E-state index contributed by atoms with van der Waals surface area (Å²) in [6.07, 6.45) is -3.24. The Morgan fingerprint density at radius 3 is 2.65 bits per heavy atom. The number of hydrogen-bond acceptors (Lipinski definition) is 4. The van der Waals surface area contributed by atoms with E-state index >= 15 is 0 Å². The standard InChI is InChI=1S/C12H11F4N3S/c1-2-17-11(10-6-18-20-19-10)7-3-4-9(13)8(5-7)12(14,15)16/h3-6,11,17H,2H2,1H3. The van der Waals surface area contributed by atoms with Gasteiger partial charge in [-0.2, -0.15) is 21.9 Å². The van der Waals surface area contributed by atoms with E-state index < -0.39 is 23.6 Å². The third kappa shape index (κ3) is 3.13. The van der Waals surface area contributed by atoms with Crippen molar-refractivity contribution < 1.29 is 17.6 Å². The molecule has 0 saturated carbocycles. The molecule has 2 aromatic rings. The molecule has 0 fully saturated rings. The van der Waals surface area contributed by atoms with Gasteiger partial charge in [-0.1, -0.05) is 13.0 Å². The Morgan fingerprint density at radius 1 is 1.35 bits per heavy atom. The smallest absolute Gasteiger partial charge is 0.305 e. The molecule has 8 heteroatoms. The summed E-state index contributed by atoms with van der Waals surface area (Å²) in [4.78, 5) is 0. The summed E-state index contributed by atoms with van der Waals surface area (Å²) in [5.74, 6) is -1.28. The maximum absolute atomic E-state index is 13.3. The minimum atomic E-state index is -4.73. The first kappa shape index (κ1) is 14.9. The Morgan fingerprint density at radius 2 is 2.10 bits per heavy atom. The molecule has 20 heavy (non-hydrogen) atoms. The van der Waals surface area contributed by atoms with Crippen molar-refractivity contribution in [3.63, 3.8) is 0 Å². The van der Waals surface area contributed by atoms with Gasteiger partial charge in [0.25, 0.3) is 0 Å². The number of nitrogens with zero attached hydrogens (tertiary/aromatic N) is 2. The molecule has 3 nitrogen and oxygen atoms in total. The lowest BCUT2D eigenvalue weighted by Gasteiger charge is -2.17. The van der Waals surface area contributed by atoms with Crippen molar-refractivity contribution in [3.05, 3.63) is 47.0 Å². The lowest BCUT2D eigenvalue weighted by Crippen LogP contribution is -2.23. The van der Waals surface area contributed by atoms with E-state index in [1.807, 2.05) is 6.92 Å². The second-order valence-electron chi connectivity index (χ2n) is 4.06. The van der Waals surface area contributed by atoms with Crippen LogP contribution in [0.5, 0.6) is 0 Å². The van der Waals surface area contributed by atoms with Crippen LogP contribution in [0.15, 0.2) is 24.4 Å². The van der Waals surface area contributed by atoms with Gasteiger partial charge >= 0.3 is 6.18 Å². The van der Waals surface area contributed by atoms with Crippen LogP contribution in [-0.2, 0) is 6.18 Å². The Balaban J connectivity index is 2.45. The SMILES string of the molecule is CCNC(c1ccc(F)c(C(F)(F)F)c1)c1cnsn1. The van der Waals surface area contributed by atoms with Crippen LogP contribution in [0.25, 0.3) is 0 Å². The summed E-state index contributed by atoms with van der Waals surface area (Å²) >= 11 is 0.965. The number of halogens is 4. The maximum atomic E-state index is 13.3. The van der Waals surface area contributed by atoms with E-state index in [9.17, 15) is 17.6 Å². The van der Waals surface area contributed by atoms with Gasteiger partial charge in [0.1, 0.15) is 5.82 Å². The Hall–Kier alpha value is -1.54. The summed E-state index contributed by atoms with van der Waals surface area (Å²) in [6.45, 7) is 2.35. The lowest BCUT2D eigenvalue weighted by molar-refractivity contribution is -0.140. The molecule has 0 aliphatic heterocycles. The fourth-order valence-electron chi connectivity index (χ4n) is 1.84. The van der Waals surface area contributed by atoms with Gasteiger partial charge in [0, 0.05) is 0 Å². The van der Waals surface area contributed by atoms with Gasteiger partial charge in [-0.3, -0.25) is 0 Å². The quantitative estimate of drug-likeness (QED) is 0.880. The van der Waals surface area contributed by atoms with Crippen molar-refractivity contribution >= 4 is 11.7 Å². The fraction of sp³-hybridized carbons (Fsp3) is 0.333. The van der Waals surface area contributed by atoms with E-state index in [2.05, 4.69) is 14.1 Å². The average molecular weight is 305 g/mol. The van der Waals surface area contributed by atoms with Crippen molar-refractivity contribution in [2.24, 2.45) is 0 Å². The predicted molar refractivity (Wildman–Crippen MR) is 66.8 cm³/mol. The third-order valence-electron chi connectivity index (χ3n) is 2.71. The van der Waals surface area contributed by atoms with Crippen LogP contribution >= 0.6 is 11.7 Å². The first-order chi connectivity index (χ1) is 9.43. The summed E-state index contributed by atoms with van der Waals surface area (Å²) in [5, 5.41) is 3.01. The minimum Gasteiger partial charge on any atom is -0.305 e. The second-order valence-corrected chi connectivity index (χ2v) is 4.62. The van der Waals surface area contributed by atoms with Gasteiger partial charge < -0.3 is 5.32 Å². The van der Waals surface area contributed by atoms with Gasteiger partial charge in [-0.25, -0.2) is 4.39 Å². The highest BCUT2D eigenvalue weighted by Crippen LogP contribution is 2.33. The molecule has 1 N–H and O–H groups in total. The first-order valence-electron chi connectivity index (χ1n) is 5.81. The second kappa shape index (κ2) is 5.84. The lowest BCUT2D eigenvalue weighted by atomic mass is 10.0. The van der Waals surface area contributed by atoms with E-state index in [0.717, 1.165) is 23.9 Å². The highest BCUT2D eigenvalue weighted by atomic mass is 32.1. The molecule has 0 aliphatic carbocycles. The molecule has 0 radical (unpaired) electrons. The van der Waals surface area contributed by atoms with E-state index in [4.69, 9.17) is 0 Å². The topological polar surface area (TPSA) is 37.8 Å². The van der Waals surface area contributed by atoms with E-state index in [1.54, 1.807) is 0 Å². The zero-order valence-corrected chi connectivity index (χ0v) is 11.2. The van der Waals surface area contributed by atoms with Crippen LogP contribution < -0.4 is 5.32 Å². The van der Waals surface area contributed by atoms with Crippen LogP contribution in [0.2, 0.25) is 0 Å². The first-order valence-corrected chi connectivity index (χ1v) is 6.54. The fourth-order valence-corrected chi connectivity index (χ4v) is 2.29. The summed E-state index contributed by atoms with van der Waals surface area (Å²) in [6, 6.07) is 2.40. The predicted octanol–water partition coefficient (Wildman–Crippen LogP) is 3.39. The molecule has 0 aliphatic rings. The largest absolute Gasteiger partial charge is 0.419 e. The van der Waals surface area contributed by atoms with Crippen LogP contribution in [0, 0.1) is 5.82 Å². The van der Waals surface area contributed by atoms with E-state index in [-0.39, 0.29) is 0 Å². The van der Waals surface area contributed by atoms with Gasteiger partial charge in [0.2, 0.25) is 0 Å². The van der Waals surface area contributed by atoms with Gasteiger partial charge in [-0.15, -0.1) is 0 Å². The molecule has 0 amide bonds. The van der Waals surface area contributed by atoms with Crippen LogP contribution in [0.1, 0.15) is 29.8 Å². The molecular weight excluding hydrogens is 294 g/mol. The van der Waals surface area contributed by atoms with Crippen molar-refractivity contribution in [2.45, 2.75) is 19.1 Å². The average Bonchev–Trinajstić information content (AvgIpc) is 2.89. The van der Waals surface area contributed by atoms with Crippen molar-refractivity contribution in [2.75, 3.05) is 6.54 Å². The number of benzene rings is 1. The highest BCUT2D eigenvalue weighted by Gasteiger charge is 2.35. The van der Waals surface area contributed by atoms with E-state index in [1.165, 1.54) is 12.3 Å². The number of nitrogens with one attached hydrogen (secondary N) is 1. The van der Waals surface area contributed by atoms with Crippen molar-refractivity contribution in [1.82, 2.24) is 14.1 Å². The van der Waals surface area contributed by atoms with E-state index in [0.29, 0.717) is 17.8 Å². The summed E-state index contributed by atoms with van der Waals surface area (Å²) in [5.41, 5.74) is -0.467. The maximum Gasteiger partial charge on any atom is 0.419 e. The Labute approximate surface area is 117 Å². The number of alkyl halides is 3. The normalized spacial score (nSPS) is 13.4. The zero-order valence-electron chi connectivity index (χ0n) is 10.4. The Kier molecular flexibility index (Phi) is 4.34. The molecular formula is C12H11F4N3S. The highest BCUT2D eigenvalue weighted by molar-refractivity contribution is 6.99. The molecule has 2 rings (SSSR count). The zero-order chi connectivity index (χ0) is 14.8. The minimum absolute atomic E-state index is 0.299. The van der Waals surface area contributed by atoms with Crippen LogP contribution in [0.3, 0.4) is 0 Å². The molecule has 1 aromatic heterocycles. The number of rotatable bonds is 4. The molecule has 1 heterocycles. The molecule has 1 aromatic carbocycles. The van der Waals surface area contributed by atoms with Gasteiger partial charge in [-0.05, 0) is 24.2 Å². The van der Waals surface area contributed by atoms with Gasteiger partial charge in [0.15, 0.2) is 0 Å². The molecule has 0 bridgehead atoms. The van der Waals surface area contributed by atoms with Crippen LogP contribution in [-0.4, -0.2) is 15.3 Å². The van der Waals surface area contributed by atoms with Crippen molar-refractivity contribution in [3.8, 4) is 0 Å². The summed E-state index contributed by atoms with van der Waals surface area (Å²) in [7, 11) is 0. The number of hydrogen-bond donors (Lipinski definition) is 1. The molecule has 0 saturated heterocycles. The Bertz CT molecular complexity index is 569. The molecule has 108 valence electrons. The summed E-state index contributed by atoms with van der Waals surface area (Å²) < 4.78 is 59.3. The van der Waals surface area contributed by atoms with Crippen LogP contribution in [0.4, 0.5) is 17.6 Å². The van der Waals surface area contributed by atoms with Crippen molar-refractivity contribution in [1.29, 1.82) is 0 Å². The molecule has 1 atom stereocenters. The molecule has 0 spiro atoms. The number of aromatic nitrogens is 2. The van der Waals surface area contributed by atoms with Gasteiger partial charge in [0.05, 0.1) is 35.2 Å². The monoisotopic (exact) mass is 305 g/mol. The third-order valence-corrected chi connectivity index (χ3v) is 3.20.